The van der Waals surface area contributed by atoms with Gasteiger partial charge in [-0.15, -0.1) is 0 Å². The van der Waals surface area contributed by atoms with Crippen LogP contribution in [0.25, 0.3) is 0 Å². The predicted octanol–water partition coefficient (Wildman–Crippen LogP) is 5.15. The van der Waals surface area contributed by atoms with E-state index in [4.69, 9.17) is 0 Å². The van der Waals surface area contributed by atoms with Gasteiger partial charge < -0.3 is 20.4 Å². The number of carbonyl (C=O) groups is 3. The largest absolute Gasteiger partial charge is 0.368 e. The lowest BCUT2D eigenvalue weighted by molar-refractivity contribution is 0.0747. The predicted molar refractivity (Wildman–Crippen MR) is 150 cm³/mol. The lowest BCUT2D eigenvalue weighted by Gasteiger charge is -2.36. The van der Waals surface area contributed by atoms with Crippen molar-refractivity contribution in [3.8, 4) is 0 Å². The van der Waals surface area contributed by atoms with Crippen LogP contribution < -0.4 is 15.5 Å². The maximum atomic E-state index is 13.4. The summed E-state index contributed by atoms with van der Waals surface area (Å²) in [5.74, 6) is -0.660. The van der Waals surface area contributed by atoms with Crippen LogP contribution in [0.4, 0.5) is 17.1 Å². The van der Waals surface area contributed by atoms with Gasteiger partial charge in [-0.1, -0.05) is 48.5 Å². The number of rotatable bonds is 6. The monoisotopic (exact) mass is 504 g/mol. The Bertz CT molecular complexity index is 1410. The number of para-hydroxylation sites is 2. The highest BCUT2D eigenvalue weighted by molar-refractivity contribution is 6.09. The molecule has 38 heavy (non-hydrogen) atoms. The minimum absolute atomic E-state index is 0.104. The van der Waals surface area contributed by atoms with Crippen LogP contribution in [-0.4, -0.2) is 48.8 Å². The van der Waals surface area contributed by atoms with E-state index in [9.17, 15) is 14.4 Å². The number of carbonyl (C=O) groups excluding carboxylic acids is 3. The minimum atomic E-state index is -0.333. The van der Waals surface area contributed by atoms with Crippen molar-refractivity contribution < 1.29 is 14.4 Å². The highest BCUT2D eigenvalue weighted by atomic mass is 16.2. The molecule has 5 rings (SSSR count). The van der Waals surface area contributed by atoms with Gasteiger partial charge in [-0.2, -0.15) is 0 Å². The van der Waals surface area contributed by atoms with E-state index < -0.39 is 0 Å². The Morgan fingerprint density at radius 2 is 1.11 bits per heavy atom. The summed E-state index contributed by atoms with van der Waals surface area (Å²) in [6.45, 7) is 2.70. The van der Waals surface area contributed by atoms with Gasteiger partial charge in [-0.3, -0.25) is 14.4 Å². The number of hydrogen-bond acceptors (Lipinski definition) is 4. The summed E-state index contributed by atoms with van der Waals surface area (Å²) in [5, 5.41) is 5.71. The zero-order valence-electron chi connectivity index (χ0n) is 20.8. The number of piperazine rings is 1. The molecule has 1 heterocycles. The second kappa shape index (κ2) is 11.4. The van der Waals surface area contributed by atoms with Crippen molar-refractivity contribution in [3.05, 3.63) is 126 Å². The molecule has 0 atom stereocenters. The molecule has 0 bridgehead atoms. The van der Waals surface area contributed by atoms with Gasteiger partial charge in [0.2, 0.25) is 0 Å². The van der Waals surface area contributed by atoms with Crippen LogP contribution in [0.3, 0.4) is 0 Å². The molecule has 2 N–H and O–H groups in total. The van der Waals surface area contributed by atoms with Gasteiger partial charge in [0.25, 0.3) is 17.7 Å². The molecule has 1 aliphatic rings. The molecule has 0 saturated carbocycles. The first-order valence-electron chi connectivity index (χ1n) is 12.5. The molecule has 0 spiro atoms. The zero-order valence-corrected chi connectivity index (χ0v) is 20.8. The second-order valence-corrected chi connectivity index (χ2v) is 9.01. The van der Waals surface area contributed by atoms with Gasteiger partial charge in [-0.05, 0) is 60.7 Å². The van der Waals surface area contributed by atoms with E-state index in [1.165, 1.54) is 0 Å². The van der Waals surface area contributed by atoms with Gasteiger partial charge in [0, 0.05) is 48.7 Å². The van der Waals surface area contributed by atoms with Gasteiger partial charge >= 0.3 is 0 Å². The van der Waals surface area contributed by atoms with Gasteiger partial charge in [-0.25, -0.2) is 0 Å². The first-order chi connectivity index (χ1) is 18.6. The smallest absolute Gasteiger partial charge is 0.256 e. The summed E-state index contributed by atoms with van der Waals surface area (Å²) in [7, 11) is 0. The molecule has 0 unspecified atom stereocenters. The molecular formula is C31H28N4O3. The van der Waals surface area contributed by atoms with Gasteiger partial charge in [0.15, 0.2) is 0 Å². The van der Waals surface area contributed by atoms with E-state index in [0.717, 1.165) is 18.8 Å². The first kappa shape index (κ1) is 24.8. The summed E-state index contributed by atoms with van der Waals surface area (Å²) >= 11 is 0. The summed E-state index contributed by atoms with van der Waals surface area (Å²) in [6.07, 6.45) is 0. The normalized spacial score (nSPS) is 13.1. The fourth-order valence-electron chi connectivity index (χ4n) is 4.45. The topological polar surface area (TPSA) is 81.8 Å². The quantitative estimate of drug-likeness (QED) is 0.380. The first-order valence-corrected chi connectivity index (χ1v) is 12.5. The fraction of sp³-hybridized carbons (Fsp3) is 0.129. The third-order valence-electron chi connectivity index (χ3n) is 6.53. The van der Waals surface area contributed by atoms with Crippen LogP contribution in [0.2, 0.25) is 0 Å². The average molecular weight is 505 g/mol. The SMILES string of the molecule is O=C(Nc1ccc(C(=O)Nc2ccccc2C(=O)N2CCN(c3ccccc3)CC2)cc1)c1ccccc1. The number of benzene rings is 4. The van der Waals surface area contributed by atoms with E-state index >= 15 is 0 Å². The number of anilines is 3. The third kappa shape index (κ3) is 5.73. The number of amides is 3. The van der Waals surface area contributed by atoms with Gasteiger partial charge in [0.1, 0.15) is 0 Å². The Hall–Kier alpha value is -4.91. The Morgan fingerprint density at radius 1 is 0.553 bits per heavy atom. The van der Waals surface area contributed by atoms with Crippen molar-refractivity contribution in [2.45, 2.75) is 0 Å². The molecule has 7 heteroatoms. The van der Waals surface area contributed by atoms with Crippen molar-refractivity contribution >= 4 is 34.8 Å². The van der Waals surface area contributed by atoms with E-state index in [1.807, 2.05) is 29.2 Å². The molecule has 0 aromatic heterocycles. The van der Waals surface area contributed by atoms with Crippen molar-refractivity contribution in [1.29, 1.82) is 0 Å². The summed E-state index contributed by atoms with van der Waals surface area (Å²) < 4.78 is 0. The molecule has 1 fully saturated rings. The molecule has 190 valence electrons. The number of nitrogens with zero attached hydrogens (tertiary/aromatic N) is 2. The molecule has 1 aliphatic heterocycles. The summed E-state index contributed by atoms with van der Waals surface area (Å²) in [4.78, 5) is 42.8. The number of hydrogen-bond donors (Lipinski definition) is 2. The van der Waals surface area contributed by atoms with Crippen LogP contribution in [-0.2, 0) is 0 Å². The molecule has 4 aromatic carbocycles. The van der Waals surface area contributed by atoms with Gasteiger partial charge in [0.05, 0.1) is 11.3 Å². The Labute approximate surface area is 221 Å². The average Bonchev–Trinajstić information content (AvgIpc) is 2.98. The summed E-state index contributed by atoms with van der Waals surface area (Å²) in [6, 6.07) is 32.8. The Morgan fingerprint density at radius 3 is 1.79 bits per heavy atom. The van der Waals surface area contributed by atoms with Crippen LogP contribution in [0.5, 0.6) is 0 Å². The van der Waals surface area contributed by atoms with Crippen molar-refractivity contribution in [3.63, 3.8) is 0 Å². The second-order valence-electron chi connectivity index (χ2n) is 9.01. The highest BCUT2D eigenvalue weighted by Crippen LogP contribution is 2.22. The van der Waals surface area contributed by atoms with Crippen LogP contribution in [0.1, 0.15) is 31.1 Å². The molecule has 3 amide bonds. The maximum Gasteiger partial charge on any atom is 0.256 e. The molecular weight excluding hydrogens is 476 g/mol. The zero-order chi connectivity index (χ0) is 26.3. The number of nitrogens with one attached hydrogen (secondary N) is 2. The Balaban J connectivity index is 1.21. The lowest BCUT2D eigenvalue weighted by atomic mass is 10.1. The van der Waals surface area contributed by atoms with Crippen LogP contribution in [0.15, 0.2) is 109 Å². The molecule has 1 saturated heterocycles. The highest BCUT2D eigenvalue weighted by Gasteiger charge is 2.24. The van der Waals surface area contributed by atoms with E-state index in [-0.39, 0.29) is 17.7 Å². The Kier molecular flexibility index (Phi) is 7.45. The fourth-order valence-corrected chi connectivity index (χ4v) is 4.45. The summed E-state index contributed by atoms with van der Waals surface area (Å²) in [5.41, 5.74) is 3.63. The van der Waals surface area contributed by atoms with Crippen molar-refractivity contribution in [2.75, 3.05) is 41.7 Å². The molecule has 4 aromatic rings. The van der Waals surface area contributed by atoms with E-state index in [2.05, 4.69) is 27.7 Å². The van der Waals surface area contributed by atoms with Crippen LogP contribution >= 0.6 is 0 Å². The van der Waals surface area contributed by atoms with Crippen molar-refractivity contribution in [2.24, 2.45) is 0 Å². The van der Waals surface area contributed by atoms with E-state index in [1.54, 1.807) is 72.8 Å². The molecule has 0 radical (unpaired) electrons. The van der Waals surface area contributed by atoms with Crippen LogP contribution in [0, 0.1) is 0 Å². The van der Waals surface area contributed by atoms with E-state index in [0.29, 0.717) is 41.2 Å². The molecule has 7 nitrogen and oxygen atoms in total. The van der Waals surface area contributed by atoms with Crippen molar-refractivity contribution in [1.82, 2.24) is 4.90 Å². The lowest BCUT2D eigenvalue weighted by Crippen LogP contribution is -2.48. The third-order valence-corrected chi connectivity index (χ3v) is 6.53. The minimum Gasteiger partial charge on any atom is -0.368 e. The standard InChI is InChI=1S/C31H28N4O3/c36-29(23-9-3-1-4-10-23)32-25-17-15-24(16-18-25)30(37)33-28-14-8-7-13-27(28)31(38)35-21-19-34(20-22-35)26-11-5-2-6-12-26/h1-18H,19-22H2,(H,32,36)(H,33,37). The maximum absolute atomic E-state index is 13.4. The molecule has 0 aliphatic carbocycles.